The van der Waals surface area contributed by atoms with E-state index in [9.17, 15) is 4.79 Å². The molecule has 0 bridgehead atoms. The van der Waals surface area contributed by atoms with Gasteiger partial charge in [0, 0.05) is 18.7 Å². The van der Waals surface area contributed by atoms with Crippen LogP contribution in [0.1, 0.15) is 0 Å². The van der Waals surface area contributed by atoms with Crippen LogP contribution in [0.25, 0.3) is 0 Å². The van der Waals surface area contributed by atoms with E-state index in [-0.39, 0.29) is 5.75 Å². The number of halogens is 2. The molecular formula is C14H12Br2O2S2. The Balaban J connectivity index is 0.000000217. The highest BCUT2D eigenvalue weighted by atomic mass is 79.9. The Morgan fingerprint density at radius 1 is 1.05 bits per heavy atom. The first kappa shape index (κ1) is 17.6. The third-order valence-electron chi connectivity index (χ3n) is 2.04. The molecule has 2 rings (SSSR count). The molecule has 0 aliphatic heterocycles. The highest BCUT2D eigenvalue weighted by Crippen LogP contribution is 2.26. The van der Waals surface area contributed by atoms with Gasteiger partial charge in [0.2, 0.25) is 0 Å². The molecule has 2 aromatic carbocycles. The number of benzene rings is 2. The van der Waals surface area contributed by atoms with Gasteiger partial charge in [-0.2, -0.15) is 0 Å². The number of carboxylic acids is 1. The number of thioether (sulfide) groups is 1. The van der Waals surface area contributed by atoms with Crippen molar-refractivity contribution >= 4 is 62.2 Å². The fourth-order valence-corrected chi connectivity index (χ4v) is 2.89. The van der Waals surface area contributed by atoms with Crippen molar-refractivity contribution in [2.45, 2.75) is 9.79 Å². The normalized spacial score (nSPS) is 9.55. The summed E-state index contributed by atoms with van der Waals surface area (Å²) < 4.78 is 1.99. The molecule has 0 spiro atoms. The lowest BCUT2D eigenvalue weighted by Gasteiger charge is -1.99. The maximum Gasteiger partial charge on any atom is 0.313 e. The van der Waals surface area contributed by atoms with Gasteiger partial charge in [0.25, 0.3) is 0 Å². The average Bonchev–Trinajstić information content (AvgIpc) is 2.42. The van der Waals surface area contributed by atoms with E-state index in [0.29, 0.717) is 0 Å². The molecule has 0 radical (unpaired) electrons. The summed E-state index contributed by atoms with van der Waals surface area (Å²) in [7, 11) is 0. The number of thiol groups is 1. The Bertz CT molecular complexity index is 556. The van der Waals surface area contributed by atoms with E-state index in [0.717, 1.165) is 18.7 Å². The Labute approximate surface area is 144 Å². The number of hydrogen-bond donors (Lipinski definition) is 2. The number of hydrogen-bond acceptors (Lipinski definition) is 3. The molecule has 0 saturated heterocycles. The molecule has 20 heavy (non-hydrogen) atoms. The molecule has 0 amide bonds. The van der Waals surface area contributed by atoms with Gasteiger partial charge in [0.1, 0.15) is 0 Å². The Morgan fingerprint density at radius 3 is 2.05 bits per heavy atom. The van der Waals surface area contributed by atoms with Crippen molar-refractivity contribution in [1.82, 2.24) is 0 Å². The van der Waals surface area contributed by atoms with E-state index in [2.05, 4.69) is 44.5 Å². The van der Waals surface area contributed by atoms with Crippen molar-refractivity contribution in [1.29, 1.82) is 0 Å². The van der Waals surface area contributed by atoms with Gasteiger partial charge in [-0.1, -0.05) is 24.3 Å². The summed E-state index contributed by atoms with van der Waals surface area (Å²) in [4.78, 5) is 12.2. The SMILES string of the molecule is O=C(O)CSc1ccccc1Br.Sc1ccccc1Br. The zero-order valence-corrected chi connectivity index (χ0v) is 15.2. The van der Waals surface area contributed by atoms with Crippen molar-refractivity contribution in [2.75, 3.05) is 5.75 Å². The van der Waals surface area contributed by atoms with Gasteiger partial charge in [0.05, 0.1) is 5.75 Å². The largest absolute Gasteiger partial charge is 0.481 e. The van der Waals surface area contributed by atoms with Crippen LogP contribution in [0.2, 0.25) is 0 Å². The van der Waals surface area contributed by atoms with Crippen molar-refractivity contribution in [3.05, 3.63) is 57.5 Å². The number of carboxylic acid groups (broad SMARTS) is 1. The van der Waals surface area contributed by atoms with Crippen molar-refractivity contribution < 1.29 is 9.90 Å². The summed E-state index contributed by atoms with van der Waals surface area (Å²) in [5.74, 6) is -0.696. The van der Waals surface area contributed by atoms with Crippen LogP contribution < -0.4 is 0 Å². The molecule has 0 aliphatic rings. The second kappa shape index (κ2) is 9.50. The van der Waals surface area contributed by atoms with Crippen LogP contribution in [0.15, 0.2) is 67.3 Å². The van der Waals surface area contributed by atoms with Crippen LogP contribution in [-0.2, 0) is 4.79 Å². The summed E-state index contributed by atoms with van der Waals surface area (Å²) in [6.45, 7) is 0. The smallest absolute Gasteiger partial charge is 0.313 e. The maximum absolute atomic E-state index is 10.2. The molecule has 1 N–H and O–H groups in total. The molecule has 0 atom stereocenters. The zero-order chi connectivity index (χ0) is 15.0. The Morgan fingerprint density at radius 2 is 1.60 bits per heavy atom. The van der Waals surface area contributed by atoms with Crippen LogP contribution in [0.3, 0.4) is 0 Å². The molecule has 2 aromatic rings. The predicted octanol–water partition coefficient (Wildman–Crippen LogP) is 5.36. The highest BCUT2D eigenvalue weighted by molar-refractivity contribution is 9.10. The fourth-order valence-electron chi connectivity index (χ4n) is 1.15. The topological polar surface area (TPSA) is 37.3 Å². The second-order valence-corrected chi connectivity index (χ2v) is 6.77. The molecule has 0 unspecified atom stereocenters. The van der Waals surface area contributed by atoms with E-state index in [1.54, 1.807) is 0 Å². The molecule has 106 valence electrons. The maximum atomic E-state index is 10.2. The van der Waals surface area contributed by atoms with Gasteiger partial charge in [-0.05, 0) is 56.1 Å². The summed E-state index contributed by atoms with van der Waals surface area (Å²) in [6.07, 6.45) is 0. The standard InChI is InChI=1S/C8H7BrO2S.C6H5BrS/c9-6-3-1-2-4-7(6)12-5-8(10)11;7-5-3-1-2-4-6(5)8/h1-4H,5H2,(H,10,11);1-4,8H. The lowest BCUT2D eigenvalue weighted by atomic mass is 10.4. The van der Waals surface area contributed by atoms with E-state index < -0.39 is 5.97 Å². The minimum Gasteiger partial charge on any atom is -0.481 e. The lowest BCUT2D eigenvalue weighted by Crippen LogP contribution is -1.97. The molecular weight excluding hydrogens is 424 g/mol. The van der Waals surface area contributed by atoms with Gasteiger partial charge in [-0.15, -0.1) is 24.4 Å². The van der Waals surface area contributed by atoms with Gasteiger partial charge < -0.3 is 5.11 Å². The number of carbonyl (C=O) groups is 1. The van der Waals surface area contributed by atoms with E-state index >= 15 is 0 Å². The third kappa shape index (κ3) is 6.83. The minimum atomic E-state index is -0.796. The second-order valence-electron chi connectivity index (χ2n) is 3.56. The fraction of sp³-hybridized carbons (Fsp3) is 0.0714. The van der Waals surface area contributed by atoms with Crippen LogP contribution in [-0.4, -0.2) is 16.8 Å². The first-order chi connectivity index (χ1) is 9.50. The molecule has 0 saturated carbocycles. The Kier molecular flexibility index (Phi) is 8.37. The number of rotatable bonds is 3. The van der Waals surface area contributed by atoms with Gasteiger partial charge >= 0.3 is 5.97 Å². The molecule has 6 heteroatoms. The molecule has 0 aromatic heterocycles. The summed E-state index contributed by atoms with van der Waals surface area (Å²) in [5.41, 5.74) is 0. The van der Waals surface area contributed by atoms with Gasteiger partial charge in [-0.25, -0.2) is 0 Å². The third-order valence-corrected chi connectivity index (χ3v) is 5.44. The molecule has 2 nitrogen and oxygen atoms in total. The molecule has 0 aliphatic carbocycles. The average molecular weight is 436 g/mol. The van der Waals surface area contributed by atoms with Crippen LogP contribution in [0, 0.1) is 0 Å². The van der Waals surface area contributed by atoms with Gasteiger partial charge in [0.15, 0.2) is 0 Å². The minimum absolute atomic E-state index is 0.0998. The lowest BCUT2D eigenvalue weighted by molar-refractivity contribution is -0.133. The summed E-state index contributed by atoms with van der Waals surface area (Å²) in [5, 5.41) is 8.43. The van der Waals surface area contributed by atoms with E-state index in [1.165, 1.54) is 11.8 Å². The summed E-state index contributed by atoms with van der Waals surface area (Å²) in [6, 6.07) is 15.4. The van der Waals surface area contributed by atoms with Crippen molar-refractivity contribution in [2.24, 2.45) is 0 Å². The highest BCUT2D eigenvalue weighted by Gasteiger charge is 2.01. The Hall–Kier alpha value is -0.430. The zero-order valence-electron chi connectivity index (χ0n) is 10.3. The van der Waals surface area contributed by atoms with E-state index in [1.807, 2.05) is 48.5 Å². The quantitative estimate of drug-likeness (QED) is 0.503. The van der Waals surface area contributed by atoms with Crippen molar-refractivity contribution in [3.8, 4) is 0 Å². The first-order valence-electron chi connectivity index (χ1n) is 5.53. The summed E-state index contributed by atoms with van der Waals surface area (Å²) >= 11 is 12.1. The van der Waals surface area contributed by atoms with Crippen LogP contribution in [0.5, 0.6) is 0 Å². The first-order valence-corrected chi connectivity index (χ1v) is 8.55. The monoisotopic (exact) mass is 434 g/mol. The van der Waals surface area contributed by atoms with Crippen LogP contribution in [0.4, 0.5) is 0 Å². The van der Waals surface area contributed by atoms with Gasteiger partial charge in [-0.3, -0.25) is 4.79 Å². The molecule has 0 heterocycles. The van der Waals surface area contributed by atoms with Crippen LogP contribution >= 0.6 is 56.3 Å². The predicted molar refractivity (Wildman–Crippen MR) is 93.9 cm³/mol. The van der Waals surface area contributed by atoms with Crippen molar-refractivity contribution in [3.63, 3.8) is 0 Å². The number of aliphatic carboxylic acids is 1. The molecule has 0 fully saturated rings. The van der Waals surface area contributed by atoms with E-state index in [4.69, 9.17) is 5.11 Å².